The lowest BCUT2D eigenvalue weighted by Gasteiger charge is -2.38. The van der Waals surface area contributed by atoms with E-state index in [0.29, 0.717) is 25.4 Å². The number of nitrogens with zero attached hydrogens (tertiary/aromatic N) is 2. The molecule has 2 saturated heterocycles. The monoisotopic (exact) mass is 386 g/mol. The van der Waals surface area contributed by atoms with E-state index in [2.05, 4.69) is 32.0 Å². The topological polar surface area (TPSA) is 54.7 Å². The maximum Gasteiger partial charge on any atom is 0.234 e. The highest BCUT2D eigenvalue weighted by atomic mass is 32.1. The van der Waals surface area contributed by atoms with Gasteiger partial charge in [-0.25, -0.2) is 9.88 Å². The summed E-state index contributed by atoms with van der Waals surface area (Å²) in [7, 11) is 0. The van der Waals surface area contributed by atoms with Gasteiger partial charge in [0.05, 0.1) is 29.2 Å². The molecule has 6 heteroatoms. The smallest absolute Gasteiger partial charge is 0.234 e. The van der Waals surface area contributed by atoms with Gasteiger partial charge >= 0.3 is 0 Å². The number of aromatic nitrogens is 1. The maximum absolute atomic E-state index is 12.6. The van der Waals surface area contributed by atoms with E-state index in [9.17, 15) is 9.59 Å². The van der Waals surface area contributed by atoms with Gasteiger partial charge in [0.1, 0.15) is 5.01 Å². The number of carbonyl (C=O) groups is 2. The molecule has 2 aromatic rings. The van der Waals surface area contributed by atoms with Crippen molar-refractivity contribution < 1.29 is 14.5 Å². The summed E-state index contributed by atoms with van der Waals surface area (Å²) < 4.78 is 1.24. The summed E-state index contributed by atoms with van der Waals surface area (Å²) in [6.45, 7) is 6.59. The van der Waals surface area contributed by atoms with E-state index in [-0.39, 0.29) is 17.2 Å². The molecule has 27 heavy (non-hydrogen) atoms. The molecule has 3 heterocycles. The molecule has 2 fully saturated rings. The molecule has 0 radical (unpaired) electrons. The molecule has 0 bridgehead atoms. The molecule has 4 rings (SSSR count). The van der Waals surface area contributed by atoms with Crippen LogP contribution in [0.2, 0.25) is 0 Å². The number of hydrogen-bond acceptors (Lipinski definition) is 4. The van der Waals surface area contributed by atoms with Crippen LogP contribution >= 0.6 is 11.3 Å². The molecule has 2 aliphatic rings. The lowest BCUT2D eigenvalue weighted by Crippen LogP contribution is -3.15. The van der Waals surface area contributed by atoms with Crippen molar-refractivity contribution in [1.29, 1.82) is 0 Å². The predicted octanol–water partition coefficient (Wildman–Crippen LogP) is 2.58. The van der Waals surface area contributed by atoms with Gasteiger partial charge in [0, 0.05) is 12.8 Å². The van der Waals surface area contributed by atoms with Gasteiger partial charge < -0.3 is 4.90 Å². The van der Waals surface area contributed by atoms with Gasteiger partial charge in [-0.1, -0.05) is 26.0 Å². The van der Waals surface area contributed by atoms with Crippen molar-refractivity contribution in [3.8, 4) is 0 Å². The van der Waals surface area contributed by atoms with Gasteiger partial charge in [-0.2, -0.15) is 0 Å². The van der Waals surface area contributed by atoms with E-state index in [1.54, 1.807) is 11.3 Å². The molecular formula is C21H28N3O2S+. The number of imide groups is 1. The van der Waals surface area contributed by atoms with E-state index in [0.717, 1.165) is 37.9 Å². The van der Waals surface area contributed by atoms with Crippen LogP contribution in [0, 0.1) is 5.41 Å². The van der Waals surface area contributed by atoms with Crippen LogP contribution in [0.25, 0.3) is 10.2 Å². The number of para-hydroxylation sites is 1. The van der Waals surface area contributed by atoms with E-state index in [1.165, 1.54) is 19.5 Å². The first-order chi connectivity index (χ1) is 13.0. The van der Waals surface area contributed by atoms with Crippen molar-refractivity contribution >= 4 is 33.4 Å². The van der Waals surface area contributed by atoms with Gasteiger partial charge in [-0.3, -0.25) is 9.59 Å². The van der Waals surface area contributed by atoms with Crippen LogP contribution in [0.5, 0.6) is 0 Å². The van der Waals surface area contributed by atoms with Crippen molar-refractivity contribution in [2.45, 2.75) is 51.9 Å². The lowest BCUT2D eigenvalue weighted by molar-refractivity contribution is -0.913. The van der Waals surface area contributed by atoms with E-state index < -0.39 is 0 Å². The molecule has 0 aliphatic carbocycles. The molecular weight excluding hydrogens is 358 g/mol. The summed E-state index contributed by atoms with van der Waals surface area (Å²) in [5.74, 6) is 0.428. The van der Waals surface area contributed by atoms with Crippen molar-refractivity contribution in [1.82, 2.24) is 9.88 Å². The zero-order valence-corrected chi connectivity index (χ0v) is 17.0. The van der Waals surface area contributed by atoms with Crippen molar-refractivity contribution in [2.75, 3.05) is 19.8 Å². The van der Waals surface area contributed by atoms with Crippen LogP contribution in [0.3, 0.4) is 0 Å². The van der Waals surface area contributed by atoms with Gasteiger partial charge in [-0.15, -0.1) is 11.3 Å². The second-order valence-corrected chi connectivity index (χ2v) is 9.52. The molecule has 0 saturated carbocycles. The Morgan fingerprint density at radius 3 is 2.70 bits per heavy atom. The first-order valence-corrected chi connectivity index (χ1v) is 10.8. The number of quaternary nitrogens is 1. The first kappa shape index (κ1) is 18.6. The highest BCUT2D eigenvalue weighted by Crippen LogP contribution is 2.35. The van der Waals surface area contributed by atoms with Crippen LogP contribution < -0.4 is 4.90 Å². The van der Waals surface area contributed by atoms with Gasteiger partial charge in [-0.05, 0) is 36.8 Å². The number of nitrogens with one attached hydrogen (secondary N) is 1. The molecule has 5 nitrogen and oxygen atoms in total. The minimum Gasteiger partial charge on any atom is -0.317 e. The number of likely N-dealkylation sites (tertiary alicyclic amines) is 2. The van der Waals surface area contributed by atoms with Gasteiger partial charge in [0.15, 0.2) is 6.67 Å². The molecule has 1 N–H and O–H groups in total. The Balaban J connectivity index is 1.44. The highest BCUT2D eigenvalue weighted by molar-refractivity contribution is 7.18. The van der Waals surface area contributed by atoms with Crippen molar-refractivity contribution in [3.63, 3.8) is 0 Å². The molecule has 1 unspecified atom stereocenters. The van der Waals surface area contributed by atoms with Crippen LogP contribution in [0.15, 0.2) is 24.3 Å². The SMILES string of the molecule is CCC1(C)CC(=O)N(C[NH+]2CCC[C@H](c3nc4ccccc4s3)C2)C(=O)C1. The normalized spacial score (nSPS) is 25.9. The summed E-state index contributed by atoms with van der Waals surface area (Å²) in [5, 5.41) is 1.20. The average Bonchev–Trinajstić information content (AvgIpc) is 3.09. The zero-order valence-electron chi connectivity index (χ0n) is 16.2. The fourth-order valence-electron chi connectivity index (χ4n) is 4.34. The number of rotatable bonds is 4. The minimum atomic E-state index is -0.161. The van der Waals surface area contributed by atoms with Gasteiger partial charge in [0.2, 0.25) is 11.8 Å². The van der Waals surface area contributed by atoms with Crippen LogP contribution in [0.1, 0.15) is 56.9 Å². The summed E-state index contributed by atoms with van der Waals surface area (Å²) in [5.41, 5.74) is 0.913. The van der Waals surface area contributed by atoms with Crippen molar-refractivity contribution in [2.24, 2.45) is 5.41 Å². The predicted molar refractivity (Wildman–Crippen MR) is 107 cm³/mol. The van der Waals surface area contributed by atoms with E-state index in [1.807, 2.05) is 6.07 Å². The second kappa shape index (κ2) is 7.32. The lowest BCUT2D eigenvalue weighted by atomic mass is 9.77. The molecule has 2 aliphatic heterocycles. The number of thiazole rings is 1. The summed E-state index contributed by atoms with van der Waals surface area (Å²) >= 11 is 1.78. The Hall–Kier alpha value is -1.79. The van der Waals surface area contributed by atoms with Crippen molar-refractivity contribution in [3.05, 3.63) is 29.3 Å². The number of piperidine rings is 2. The molecule has 2 amide bonds. The summed E-state index contributed by atoms with van der Waals surface area (Å²) in [4.78, 5) is 32.9. The van der Waals surface area contributed by atoms with Crippen LogP contribution in [-0.2, 0) is 9.59 Å². The zero-order chi connectivity index (χ0) is 19.0. The molecule has 2 atom stereocenters. The fourth-order valence-corrected chi connectivity index (χ4v) is 5.44. The Kier molecular flexibility index (Phi) is 5.03. The number of carbonyl (C=O) groups excluding carboxylic acids is 2. The van der Waals surface area contributed by atoms with E-state index >= 15 is 0 Å². The Morgan fingerprint density at radius 1 is 1.26 bits per heavy atom. The van der Waals surface area contributed by atoms with E-state index in [4.69, 9.17) is 4.98 Å². The first-order valence-electron chi connectivity index (χ1n) is 10.00. The molecule has 1 aromatic heterocycles. The van der Waals surface area contributed by atoms with Crippen LogP contribution in [0.4, 0.5) is 0 Å². The fraction of sp³-hybridized carbons (Fsp3) is 0.571. The minimum absolute atomic E-state index is 0.00482. The standard InChI is InChI=1S/C21H27N3O2S/c1-3-21(2)11-18(25)24(19(26)12-21)14-23-10-6-7-15(13-23)20-22-16-8-4-5-9-17(16)27-20/h4-5,8-9,15H,3,6-7,10-14H2,1-2H3/p+1/t15-/m0/s1. The Labute approximate surface area is 164 Å². The largest absolute Gasteiger partial charge is 0.317 e. The number of hydrogen-bond donors (Lipinski definition) is 1. The average molecular weight is 387 g/mol. The quantitative estimate of drug-likeness (QED) is 0.822. The summed E-state index contributed by atoms with van der Waals surface area (Å²) in [6.07, 6.45) is 4.10. The van der Waals surface area contributed by atoms with Crippen LogP contribution in [-0.4, -0.2) is 41.5 Å². The third-order valence-electron chi connectivity index (χ3n) is 6.27. The summed E-state index contributed by atoms with van der Waals surface area (Å²) in [6, 6.07) is 8.28. The number of fused-ring (bicyclic) bond motifs is 1. The Bertz CT molecular complexity index is 811. The molecule has 0 spiro atoms. The number of benzene rings is 1. The molecule has 1 aromatic carbocycles. The highest BCUT2D eigenvalue weighted by Gasteiger charge is 2.41. The third kappa shape index (κ3) is 3.78. The second-order valence-electron chi connectivity index (χ2n) is 8.45. The Morgan fingerprint density at radius 2 is 2.00 bits per heavy atom. The third-order valence-corrected chi connectivity index (χ3v) is 7.47. The van der Waals surface area contributed by atoms with Gasteiger partial charge in [0.25, 0.3) is 0 Å². The maximum atomic E-state index is 12.6. The number of amides is 2. The molecule has 144 valence electrons.